The van der Waals surface area contributed by atoms with E-state index in [4.69, 9.17) is 25.4 Å². The van der Waals surface area contributed by atoms with Crippen LogP contribution < -0.4 is 21.5 Å². The zero-order valence-electron chi connectivity index (χ0n) is 16.4. The number of nitrogens with one attached hydrogen (secondary N) is 1. The van der Waals surface area contributed by atoms with Gasteiger partial charge in [0, 0.05) is 48.9 Å². The number of hydrogen-bond acceptors (Lipinski definition) is 7. The van der Waals surface area contributed by atoms with Crippen molar-refractivity contribution in [1.82, 2.24) is 10.3 Å². The number of fused-ring (bicyclic) bond motifs is 1. The average molecular weight is 436 g/mol. The zero-order valence-corrected chi connectivity index (χ0v) is 17.2. The van der Waals surface area contributed by atoms with Crippen molar-refractivity contribution < 1.29 is 8.83 Å². The molecule has 1 aliphatic heterocycles. The van der Waals surface area contributed by atoms with Crippen LogP contribution in [0.2, 0.25) is 5.02 Å². The molecule has 0 atom stereocenters. The summed E-state index contributed by atoms with van der Waals surface area (Å²) in [6, 6.07) is 14.7. The van der Waals surface area contributed by atoms with Gasteiger partial charge >= 0.3 is 11.3 Å². The molecule has 2 bridgehead atoms. The lowest BCUT2D eigenvalue weighted by molar-refractivity contribution is 0.543. The number of anilines is 1. The predicted octanol–water partition coefficient (Wildman–Crippen LogP) is 3.59. The second-order valence-corrected chi connectivity index (χ2v) is 7.65. The summed E-state index contributed by atoms with van der Waals surface area (Å²) in [5.74, 6) is 0.574. The molecule has 4 aromatic rings. The first-order valence-electron chi connectivity index (χ1n) is 9.90. The molecular formula is C23H18ClN3O4. The Morgan fingerprint density at radius 1 is 0.903 bits per heavy atom. The number of hydrogen-bond donors (Lipinski definition) is 1. The number of piperazine rings is 1. The van der Waals surface area contributed by atoms with E-state index in [0.717, 1.165) is 30.8 Å². The summed E-state index contributed by atoms with van der Waals surface area (Å²) >= 11 is 6.11. The second kappa shape index (κ2) is 8.02. The van der Waals surface area contributed by atoms with Gasteiger partial charge in [-0.2, -0.15) is 0 Å². The highest BCUT2D eigenvalue weighted by atomic mass is 35.5. The van der Waals surface area contributed by atoms with Gasteiger partial charge in [-0.1, -0.05) is 29.8 Å². The predicted molar refractivity (Wildman–Crippen MR) is 121 cm³/mol. The van der Waals surface area contributed by atoms with Crippen LogP contribution in [0.5, 0.6) is 0 Å². The molecule has 0 radical (unpaired) electrons. The summed E-state index contributed by atoms with van der Waals surface area (Å²) in [5, 5.41) is 4.49. The Bertz CT molecular complexity index is 1420. The Balaban J connectivity index is 2.02. The molecule has 5 rings (SSSR count). The number of halogens is 1. The van der Waals surface area contributed by atoms with Crippen LogP contribution in [-0.4, -0.2) is 31.2 Å². The van der Waals surface area contributed by atoms with E-state index in [-0.39, 0.29) is 0 Å². The van der Waals surface area contributed by atoms with Crippen LogP contribution in [0.4, 0.5) is 5.82 Å². The minimum Gasteiger partial charge on any atom is -0.423 e. The maximum absolute atomic E-state index is 12.5. The summed E-state index contributed by atoms with van der Waals surface area (Å²) < 4.78 is 11.4. The van der Waals surface area contributed by atoms with Crippen molar-refractivity contribution in [2.24, 2.45) is 0 Å². The maximum Gasteiger partial charge on any atom is 0.336 e. The van der Waals surface area contributed by atoms with Gasteiger partial charge in [-0.15, -0.1) is 0 Å². The molecule has 1 saturated heterocycles. The van der Waals surface area contributed by atoms with E-state index in [0.29, 0.717) is 51.6 Å². The van der Waals surface area contributed by atoms with Crippen molar-refractivity contribution in [3.63, 3.8) is 0 Å². The number of benzene rings is 2. The van der Waals surface area contributed by atoms with Gasteiger partial charge in [0.05, 0.1) is 10.9 Å². The Morgan fingerprint density at radius 2 is 1.61 bits per heavy atom. The highest BCUT2D eigenvalue weighted by Gasteiger charge is 2.22. The van der Waals surface area contributed by atoms with Gasteiger partial charge in [-0.05, 0) is 29.8 Å². The molecular weight excluding hydrogens is 418 g/mol. The first-order chi connectivity index (χ1) is 15.1. The Labute approximate surface area is 181 Å². The summed E-state index contributed by atoms with van der Waals surface area (Å²) in [6.07, 6.45) is 0. The molecule has 8 heteroatoms. The summed E-state index contributed by atoms with van der Waals surface area (Å²) in [4.78, 5) is 31.7. The summed E-state index contributed by atoms with van der Waals surface area (Å²) in [7, 11) is 0. The summed E-state index contributed by atoms with van der Waals surface area (Å²) in [5.41, 5.74) is 1.36. The van der Waals surface area contributed by atoms with Crippen molar-refractivity contribution in [2.75, 3.05) is 31.1 Å². The fourth-order valence-corrected chi connectivity index (χ4v) is 3.96. The van der Waals surface area contributed by atoms with Gasteiger partial charge in [0.2, 0.25) is 0 Å². The fraction of sp³-hybridized carbons (Fsp3) is 0.174. The van der Waals surface area contributed by atoms with Crippen molar-refractivity contribution >= 4 is 39.5 Å². The SMILES string of the molecule is O=c1ccc(=O)oc2cccc3nc(N4CCNCC4)c(o1)c(-c1ccc(Cl)cc1)c32. The molecule has 1 N–H and O–H groups in total. The molecule has 7 nitrogen and oxygen atoms in total. The molecule has 1 fully saturated rings. The lowest BCUT2D eigenvalue weighted by atomic mass is 9.99. The first-order valence-corrected chi connectivity index (χ1v) is 10.3. The van der Waals surface area contributed by atoms with E-state index in [1.165, 1.54) is 0 Å². The first kappa shape index (κ1) is 19.5. The highest BCUT2D eigenvalue weighted by Crippen LogP contribution is 2.39. The molecule has 2 aromatic heterocycles. The van der Waals surface area contributed by atoms with E-state index in [1.807, 2.05) is 18.2 Å². The van der Waals surface area contributed by atoms with Crippen LogP contribution in [0.15, 0.2) is 73.0 Å². The smallest absolute Gasteiger partial charge is 0.336 e. The van der Waals surface area contributed by atoms with Crippen molar-refractivity contribution in [2.45, 2.75) is 0 Å². The third kappa shape index (κ3) is 3.73. The lowest BCUT2D eigenvalue weighted by Crippen LogP contribution is -2.44. The van der Waals surface area contributed by atoms with Crippen LogP contribution in [0.3, 0.4) is 0 Å². The Morgan fingerprint density at radius 3 is 2.35 bits per heavy atom. The molecule has 0 spiro atoms. The standard InChI is InChI=1S/C23H18ClN3O4/c24-15-6-4-14(5-7-15)20-21-16-2-1-3-17(21)30-18(28)8-9-19(29)31-22(20)23(26-16)27-12-10-25-11-13-27/h1-9,25H,10-13H2. The topological polar surface area (TPSA) is 88.6 Å². The van der Waals surface area contributed by atoms with Crippen molar-refractivity contribution in [3.8, 4) is 11.1 Å². The van der Waals surface area contributed by atoms with Crippen LogP contribution in [0, 0.1) is 0 Å². The molecule has 0 aliphatic carbocycles. The normalized spacial score (nSPS) is 14.2. The minimum atomic E-state index is -0.677. The van der Waals surface area contributed by atoms with Gasteiger partial charge in [0.15, 0.2) is 11.4 Å². The third-order valence-electron chi connectivity index (χ3n) is 5.23. The van der Waals surface area contributed by atoms with Crippen LogP contribution in [-0.2, 0) is 0 Å². The highest BCUT2D eigenvalue weighted by molar-refractivity contribution is 6.30. The van der Waals surface area contributed by atoms with E-state index in [9.17, 15) is 9.59 Å². The largest absolute Gasteiger partial charge is 0.423 e. The van der Waals surface area contributed by atoms with Gasteiger partial charge < -0.3 is 19.1 Å². The van der Waals surface area contributed by atoms with Crippen LogP contribution in [0.25, 0.3) is 33.2 Å². The van der Waals surface area contributed by atoms with E-state index >= 15 is 0 Å². The van der Waals surface area contributed by atoms with E-state index in [2.05, 4.69) is 10.2 Å². The number of pyridine rings is 1. The lowest BCUT2D eigenvalue weighted by Gasteiger charge is -2.29. The maximum atomic E-state index is 12.5. The number of nitrogens with zero attached hydrogens (tertiary/aromatic N) is 2. The molecule has 0 amide bonds. The molecule has 1 aliphatic rings. The minimum absolute atomic E-state index is 0.330. The van der Waals surface area contributed by atoms with Gasteiger partial charge in [0.1, 0.15) is 5.58 Å². The van der Waals surface area contributed by atoms with E-state index < -0.39 is 11.3 Å². The number of aromatic nitrogens is 1. The molecule has 0 saturated carbocycles. The Hall–Kier alpha value is -3.42. The van der Waals surface area contributed by atoms with Crippen LogP contribution >= 0.6 is 11.6 Å². The average Bonchev–Trinajstić information content (AvgIpc) is 2.78. The monoisotopic (exact) mass is 435 g/mol. The fourth-order valence-electron chi connectivity index (χ4n) is 3.83. The molecule has 0 unspecified atom stereocenters. The molecule has 2 aromatic carbocycles. The molecule has 3 heterocycles. The van der Waals surface area contributed by atoms with Gasteiger partial charge in [-0.3, -0.25) is 0 Å². The van der Waals surface area contributed by atoms with Gasteiger partial charge in [0.25, 0.3) is 0 Å². The molecule has 31 heavy (non-hydrogen) atoms. The summed E-state index contributed by atoms with van der Waals surface area (Å²) in [6.45, 7) is 3.02. The third-order valence-corrected chi connectivity index (χ3v) is 5.48. The number of rotatable bonds is 2. The Kier molecular flexibility index (Phi) is 5.05. The van der Waals surface area contributed by atoms with Gasteiger partial charge in [-0.25, -0.2) is 14.6 Å². The second-order valence-electron chi connectivity index (χ2n) is 7.21. The quantitative estimate of drug-likeness (QED) is 0.514. The zero-order chi connectivity index (χ0) is 21.4. The van der Waals surface area contributed by atoms with Crippen molar-refractivity contribution in [1.29, 1.82) is 0 Å². The van der Waals surface area contributed by atoms with E-state index in [1.54, 1.807) is 24.3 Å². The van der Waals surface area contributed by atoms with Crippen LogP contribution in [0.1, 0.15) is 0 Å². The van der Waals surface area contributed by atoms with Crippen molar-refractivity contribution in [3.05, 3.63) is 80.5 Å². The molecule has 156 valence electrons.